The van der Waals surface area contributed by atoms with Crippen molar-refractivity contribution in [3.05, 3.63) is 32.8 Å². The third-order valence-electron chi connectivity index (χ3n) is 1.74. The zero-order valence-corrected chi connectivity index (χ0v) is 10.9. The molecular weight excluding hydrogens is 316 g/mol. The SMILES string of the molecule is NS(=O)(=O)CCOc1ccc(Br)cc1[N+](=O)[O-]. The van der Waals surface area contributed by atoms with Gasteiger partial charge in [-0.25, -0.2) is 13.6 Å². The molecule has 7 nitrogen and oxygen atoms in total. The Bertz CT molecular complexity index is 531. The summed E-state index contributed by atoms with van der Waals surface area (Å²) in [6.45, 7) is -0.235. The minimum Gasteiger partial charge on any atom is -0.486 e. The van der Waals surface area contributed by atoms with Gasteiger partial charge < -0.3 is 4.74 Å². The summed E-state index contributed by atoms with van der Waals surface area (Å²) in [5, 5.41) is 15.5. The van der Waals surface area contributed by atoms with Crippen LogP contribution in [0.1, 0.15) is 0 Å². The van der Waals surface area contributed by atoms with E-state index >= 15 is 0 Å². The predicted molar refractivity (Wildman–Crippen MR) is 64.3 cm³/mol. The second-order valence-electron chi connectivity index (χ2n) is 3.08. The molecule has 0 saturated heterocycles. The molecule has 2 N–H and O–H groups in total. The van der Waals surface area contributed by atoms with Gasteiger partial charge in [0.05, 0.1) is 10.7 Å². The number of nitro benzene ring substituents is 1. The van der Waals surface area contributed by atoms with Crippen molar-refractivity contribution < 1.29 is 18.1 Å². The van der Waals surface area contributed by atoms with E-state index in [4.69, 9.17) is 9.88 Å². The Kier molecular flexibility index (Phi) is 4.43. The van der Waals surface area contributed by atoms with Crippen molar-refractivity contribution in [2.45, 2.75) is 0 Å². The number of nitrogens with zero attached hydrogens (tertiary/aromatic N) is 1. The van der Waals surface area contributed by atoms with E-state index in [1.54, 1.807) is 6.07 Å². The minimum absolute atomic E-state index is 0.00171. The molecule has 0 fully saturated rings. The highest BCUT2D eigenvalue weighted by Crippen LogP contribution is 2.29. The van der Waals surface area contributed by atoms with Crippen molar-refractivity contribution >= 4 is 31.6 Å². The molecular formula is C8H9BrN2O5S. The van der Waals surface area contributed by atoms with Gasteiger partial charge in [0.25, 0.3) is 0 Å². The molecule has 0 bridgehead atoms. The average Bonchev–Trinajstić information content (AvgIpc) is 2.18. The van der Waals surface area contributed by atoms with Crippen LogP contribution in [0.3, 0.4) is 0 Å². The van der Waals surface area contributed by atoms with Crippen LogP contribution in [0.4, 0.5) is 5.69 Å². The Morgan fingerprint density at radius 1 is 1.47 bits per heavy atom. The summed E-state index contributed by atoms with van der Waals surface area (Å²) in [4.78, 5) is 10.1. The fourth-order valence-corrected chi connectivity index (χ4v) is 1.69. The Morgan fingerprint density at radius 3 is 2.65 bits per heavy atom. The number of primary sulfonamides is 1. The van der Waals surface area contributed by atoms with Gasteiger partial charge in [-0.1, -0.05) is 15.9 Å². The first-order valence-electron chi connectivity index (χ1n) is 4.37. The smallest absolute Gasteiger partial charge is 0.312 e. The van der Waals surface area contributed by atoms with Crippen molar-refractivity contribution in [1.82, 2.24) is 0 Å². The van der Waals surface area contributed by atoms with Crippen LogP contribution in [0.5, 0.6) is 5.75 Å². The number of rotatable bonds is 5. The molecule has 0 heterocycles. The molecule has 1 aromatic rings. The van der Waals surface area contributed by atoms with Crippen molar-refractivity contribution in [3.63, 3.8) is 0 Å². The molecule has 0 amide bonds. The first kappa shape index (κ1) is 13.9. The van der Waals surface area contributed by atoms with Gasteiger partial charge >= 0.3 is 5.69 Å². The summed E-state index contributed by atoms with van der Waals surface area (Å²) < 4.78 is 26.8. The van der Waals surface area contributed by atoms with E-state index in [2.05, 4.69) is 15.9 Å². The zero-order chi connectivity index (χ0) is 13.1. The minimum atomic E-state index is -3.64. The topological polar surface area (TPSA) is 113 Å². The van der Waals surface area contributed by atoms with Crippen LogP contribution in [0, 0.1) is 10.1 Å². The van der Waals surface area contributed by atoms with Crippen molar-refractivity contribution in [2.24, 2.45) is 5.14 Å². The lowest BCUT2D eigenvalue weighted by atomic mass is 10.3. The maximum Gasteiger partial charge on any atom is 0.312 e. The number of hydrogen-bond donors (Lipinski definition) is 1. The van der Waals surface area contributed by atoms with Gasteiger partial charge in [-0.15, -0.1) is 0 Å². The van der Waals surface area contributed by atoms with Crippen LogP contribution >= 0.6 is 15.9 Å². The largest absolute Gasteiger partial charge is 0.486 e. The molecule has 1 aromatic carbocycles. The highest BCUT2D eigenvalue weighted by molar-refractivity contribution is 9.10. The maximum absolute atomic E-state index is 10.7. The normalized spacial score (nSPS) is 11.2. The molecule has 0 saturated carbocycles. The molecule has 0 aliphatic rings. The van der Waals surface area contributed by atoms with Gasteiger partial charge in [-0.3, -0.25) is 10.1 Å². The van der Waals surface area contributed by atoms with E-state index in [0.717, 1.165) is 0 Å². The second kappa shape index (κ2) is 5.43. The molecule has 0 spiro atoms. The van der Waals surface area contributed by atoms with Crippen LogP contribution in [0.2, 0.25) is 0 Å². The van der Waals surface area contributed by atoms with Crippen LogP contribution in [-0.4, -0.2) is 25.7 Å². The molecule has 0 aromatic heterocycles. The molecule has 0 aliphatic carbocycles. The van der Waals surface area contributed by atoms with Crippen molar-refractivity contribution in [2.75, 3.05) is 12.4 Å². The molecule has 17 heavy (non-hydrogen) atoms. The molecule has 0 radical (unpaired) electrons. The van der Waals surface area contributed by atoms with E-state index < -0.39 is 20.7 Å². The van der Waals surface area contributed by atoms with Gasteiger partial charge in [0.15, 0.2) is 5.75 Å². The summed E-state index contributed by atoms with van der Waals surface area (Å²) in [6.07, 6.45) is 0. The molecule has 1 rings (SSSR count). The van der Waals surface area contributed by atoms with E-state index in [9.17, 15) is 18.5 Å². The number of hydrogen-bond acceptors (Lipinski definition) is 5. The first-order valence-corrected chi connectivity index (χ1v) is 6.87. The van der Waals surface area contributed by atoms with Gasteiger partial charge in [-0.2, -0.15) is 0 Å². The molecule has 9 heteroatoms. The van der Waals surface area contributed by atoms with Gasteiger partial charge in [0, 0.05) is 10.5 Å². The van der Waals surface area contributed by atoms with E-state index in [1.807, 2.05) is 0 Å². The summed E-state index contributed by atoms with van der Waals surface area (Å²) in [6, 6.07) is 4.21. The standard InChI is InChI=1S/C8H9BrN2O5S/c9-6-1-2-8(7(5-6)11(12)13)16-3-4-17(10,14)15/h1-2,5H,3-4H2,(H2,10,14,15). The zero-order valence-electron chi connectivity index (χ0n) is 8.50. The highest BCUT2D eigenvalue weighted by Gasteiger charge is 2.16. The molecule has 0 unspecified atom stereocenters. The predicted octanol–water partition coefficient (Wildman–Crippen LogP) is 1.02. The number of nitrogens with two attached hydrogens (primary N) is 1. The lowest BCUT2D eigenvalue weighted by Gasteiger charge is -2.05. The van der Waals surface area contributed by atoms with Crippen LogP contribution in [0.15, 0.2) is 22.7 Å². The molecule has 0 atom stereocenters. The fourth-order valence-electron chi connectivity index (χ4n) is 1.02. The third-order valence-corrected chi connectivity index (χ3v) is 2.97. The van der Waals surface area contributed by atoms with Crippen LogP contribution in [-0.2, 0) is 10.0 Å². The van der Waals surface area contributed by atoms with Crippen molar-refractivity contribution in [1.29, 1.82) is 0 Å². The summed E-state index contributed by atoms with van der Waals surface area (Å²) >= 11 is 3.09. The number of sulfonamides is 1. The Balaban J connectivity index is 2.81. The number of nitro groups is 1. The Morgan fingerprint density at radius 2 is 2.12 bits per heavy atom. The number of halogens is 1. The Labute approximate surface area is 106 Å². The number of ether oxygens (including phenoxy) is 1. The number of benzene rings is 1. The van der Waals surface area contributed by atoms with E-state index in [1.165, 1.54) is 12.1 Å². The summed E-state index contributed by atoms with van der Waals surface area (Å²) in [7, 11) is -3.64. The van der Waals surface area contributed by atoms with Crippen molar-refractivity contribution in [3.8, 4) is 5.75 Å². The summed E-state index contributed by atoms with van der Waals surface area (Å²) in [5.74, 6) is -0.401. The average molecular weight is 325 g/mol. The second-order valence-corrected chi connectivity index (χ2v) is 5.73. The Hall–Kier alpha value is -1.19. The lowest BCUT2D eigenvalue weighted by Crippen LogP contribution is -2.21. The van der Waals surface area contributed by atoms with E-state index in [-0.39, 0.29) is 18.0 Å². The van der Waals surface area contributed by atoms with E-state index in [0.29, 0.717) is 4.47 Å². The van der Waals surface area contributed by atoms with Gasteiger partial charge in [-0.05, 0) is 12.1 Å². The first-order chi connectivity index (χ1) is 7.79. The fraction of sp³-hybridized carbons (Fsp3) is 0.250. The van der Waals surface area contributed by atoms with Gasteiger partial charge in [0.2, 0.25) is 10.0 Å². The third kappa shape index (κ3) is 4.67. The van der Waals surface area contributed by atoms with Gasteiger partial charge in [0.1, 0.15) is 6.61 Å². The maximum atomic E-state index is 10.7. The lowest BCUT2D eigenvalue weighted by molar-refractivity contribution is -0.385. The molecule has 94 valence electrons. The van der Waals surface area contributed by atoms with Crippen LogP contribution < -0.4 is 9.88 Å². The quantitative estimate of drug-likeness (QED) is 0.641. The summed E-state index contributed by atoms with van der Waals surface area (Å²) in [5.41, 5.74) is -0.242. The molecule has 0 aliphatic heterocycles. The highest BCUT2D eigenvalue weighted by atomic mass is 79.9. The van der Waals surface area contributed by atoms with Crippen LogP contribution in [0.25, 0.3) is 0 Å². The monoisotopic (exact) mass is 324 g/mol.